The van der Waals surface area contributed by atoms with E-state index in [1.807, 2.05) is 71.4 Å². The van der Waals surface area contributed by atoms with Gasteiger partial charge in [-0.1, -0.05) is 34.1 Å². The van der Waals surface area contributed by atoms with Crippen molar-refractivity contribution in [2.24, 2.45) is 0 Å². The maximum Gasteiger partial charge on any atom is 0.154 e. The van der Waals surface area contributed by atoms with Gasteiger partial charge in [0.2, 0.25) is 0 Å². The van der Waals surface area contributed by atoms with Gasteiger partial charge in [0, 0.05) is 22.4 Å². The van der Waals surface area contributed by atoms with Crippen molar-refractivity contribution in [3.63, 3.8) is 0 Å². The zero-order valence-electron chi connectivity index (χ0n) is 11.0. The average molecular weight is 339 g/mol. The molecule has 0 N–H and O–H groups in total. The highest BCUT2D eigenvalue weighted by atomic mass is 79.9. The van der Waals surface area contributed by atoms with Gasteiger partial charge in [-0.3, -0.25) is 0 Å². The van der Waals surface area contributed by atoms with Gasteiger partial charge in [0.15, 0.2) is 5.76 Å². The molecule has 0 unspecified atom stereocenters. The molecule has 0 aliphatic carbocycles. The largest absolute Gasteiger partial charge is 0.454 e. The Bertz CT molecular complexity index is 873. The van der Waals surface area contributed by atoms with E-state index in [9.17, 15) is 0 Å². The van der Waals surface area contributed by atoms with Crippen LogP contribution in [0.4, 0.5) is 0 Å². The first-order chi connectivity index (χ1) is 10.3. The van der Waals surface area contributed by atoms with Gasteiger partial charge in [0.1, 0.15) is 17.1 Å². The number of imidazole rings is 1. The molecule has 4 aromatic rings. The van der Waals surface area contributed by atoms with E-state index in [-0.39, 0.29) is 0 Å². The van der Waals surface area contributed by atoms with Crippen molar-refractivity contribution < 1.29 is 4.42 Å². The van der Waals surface area contributed by atoms with E-state index < -0.39 is 0 Å². The molecule has 0 aliphatic rings. The number of fused-ring (bicyclic) bond motifs is 1. The Balaban J connectivity index is 1.75. The Labute approximate surface area is 130 Å². The molecule has 3 heterocycles. The zero-order chi connectivity index (χ0) is 14.2. The van der Waals surface area contributed by atoms with Crippen molar-refractivity contribution in [3.8, 4) is 22.8 Å². The van der Waals surface area contributed by atoms with Crippen molar-refractivity contribution in [2.45, 2.75) is 0 Å². The number of rotatable bonds is 2. The van der Waals surface area contributed by atoms with E-state index in [1.165, 1.54) is 0 Å². The molecule has 0 fully saturated rings. The number of benzene rings is 1. The monoisotopic (exact) mass is 338 g/mol. The maximum absolute atomic E-state index is 5.93. The summed E-state index contributed by atoms with van der Waals surface area (Å²) in [6.45, 7) is 0. The predicted octanol–water partition coefficient (Wildman–Crippen LogP) is 5.02. The fraction of sp³-hybridized carbons (Fsp3) is 0. The molecule has 0 saturated heterocycles. The van der Waals surface area contributed by atoms with Crippen LogP contribution >= 0.6 is 15.9 Å². The van der Waals surface area contributed by atoms with Crippen LogP contribution in [0, 0.1) is 0 Å². The number of nitrogens with zero attached hydrogens (tertiary/aromatic N) is 2. The van der Waals surface area contributed by atoms with E-state index in [0.717, 1.165) is 32.9 Å². The van der Waals surface area contributed by atoms with Gasteiger partial charge in [-0.2, -0.15) is 0 Å². The van der Waals surface area contributed by atoms with E-state index in [4.69, 9.17) is 4.42 Å². The van der Waals surface area contributed by atoms with Crippen LogP contribution in [-0.4, -0.2) is 9.38 Å². The highest BCUT2D eigenvalue weighted by Crippen LogP contribution is 2.28. The Morgan fingerprint density at radius 1 is 0.905 bits per heavy atom. The second kappa shape index (κ2) is 4.90. The van der Waals surface area contributed by atoms with Gasteiger partial charge in [-0.05, 0) is 36.4 Å². The second-order valence-corrected chi connectivity index (χ2v) is 5.68. The molecule has 21 heavy (non-hydrogen) atoms. The van der Waals surface area contributed by atoms with Gasteiger partial charge >= 0.3 is 0 Å². The average Bonchev–Trinajstić information content (AvgIpc) is 3.14. The standard InChI is InChI=1S/C17H11BrN2O/c18-13-6-4-12(5-7-13)15-8-9-16(21-15)14-11-20-10-2-1-3-17(20)19-14/h1-11H. The Kier molecular flexibility index (Phi) is 2.89. The van der Waals surface area contributed by atoms with E-state index in [2.05, 4.69) is 20.9 Å². The van der Waals surface area contributed by atoms with Gasteiger partial charge in [-0.15, -0.1) is 0 Å². The van der Waals surface area contributed by atoms with E-state index in [1.54, 1.807) is 0 Å². The molecule has 0 aliphatic heterocycles. The van der Waals surface area contributed by atoms with Gasteiger partial charge in [0.05, 0.1) is 0 Å². The highest BCUT2D eigenvalue weighted by Gasteiger charge is 2.10. The normalized spacial score (nSPS) is 11.1. The summed E-state index contributed by atoms with van der Waals surface area (Å²) in [5.41, 5.74) is 2.80. The molecular formula is C17H11BrN2O. The second-order valence-electron chi connectivity index (χ2n) is 4.76. The summed E-state index contributed by atoms with van der Waals surface area (Å²) in [7, 11) is 0. The van der Waals surface area contributed by atoms with Crippen molar-refractivity contribution >= 4 is 21.6 Å². The third-order valence-electron chi connectivity index (χ3n) is 3.35. The Morgan fingerprint density at radius 2 is 1.71 bits per heavy atom. The first kappa shape index (κ1) is 12.4. The van der Waals surface area contributed by atoms with Crippen LogP contribution in [0.3, 0.4) is 0 Å². The van der Waals surface area contributed by atoms with Crippen molar-refractivity contribution in [2.75, 3.05) is 0 Å². The SMILES string of the molecule is Brc1ccc(-c2ccc(-c3cn4ccccc4n3)o2)cc1. The third-order valence-corrected chi connectivity index (χ3v) is 3.88. The molecule has 0 spiro atoms. The molecule has 0 saturated carbocycles. The first-order valence-electron chi connectivity index (χ1n) is 6.59. The van der Waals surface area contributed by atoms with Crippen LogP contribution in [0.1, 0.15) is 0 Å². The summed E-state index contributed by atoms with van der Waals surface area (Å²) in [5, 5.41) is 0. The zero-order valence-corrected chi connectivity index (χ0v) is 12.6. The maximum atomic E-state index is 5.93. The number of aromatic nitrogens is 2. The summed E-state index contributed by atoms with van der Waals surface area (Å²) in [5.74, 6) is 1.62. The molecule has 0 bridgehead atoms. The molecule has 4 rings (SSSR count). The Morgan fingerprint density at radius 3 is 2.52 bits per heavy atom. The van der Waals surface area contributed by atoms with E-state index >= 15 is 0 Å². The smallest absolute Gasteiger partial charge is 0.154 e. The van der Waals surface area contributed by atoms with Crippen LogP contribution in [0.15, 0.2) is 75.9 Å². The Hall–Kier alpha value is -2.33. The number of halogens is 1. The third kappa shape index (κ3) is 2.28. The van der Waals surface area contributed by atoms with Crippen molar-refractivity contribution in [3.05, 3.63) is 71.5 Å². The summed E-state index contributed by atoms with van der Waals surface area (Å²) in [6.07, 6.45) is 3.95. The topological polar surface area (TPSA) is 30.4 Å². The molecule has 0 amide bonds. The predicted molar refractivity (Wildman–Crippen MR) is 86.0 cm³/mol. The van der Waals surface area contributed by atoms with Crippen LogP contribution in [0.5, 0.6) is 0 Å². The molecule has 3 nitrogen and oxygen atoms in total. The van der Waals surface area contributed by atoms with Gasteiger partial charge in [0.25, 0.3) is 0 Å². The molecule has 102 valence electrons. The summed E-state index contributed by atoms with van der Waals surface area (Å²) in [4.78, 5) is 4.57. The van der Waals surface area contributed by atoms with Gasteiger partial charge in [-0.25, -0.2) is 4.98 Å². The summed E-state index contributed by atoms with van der Waals surface area (Å²) in [6, 6.07) is 17.9. The number of pyridine rings is 1. The minimum Gasteiger partial charge on any atom is -0.454 e. The van der Waals surface area contributed by atoms with E-state index in [0.29, 0.717) is 0 Å². The minimum atomic E-state index is 0.775. The molecular weight excluding hydrogens is 328 g/mol. The van der Waals surface area contributed by atoms with Crippen molar-refractivity contribution in [1.29, 1.82) is 0 Å². The fourth-order valence-corrected chi connectivity index (χ4v) is 2.56. The highest BCUT2D eigenvalue weighted by molar-refractivity contribution is 9.10. The lowest BCUT2D eigenvalue weighted by Gasteiger charge is -1.96. The lowest BCUT2D eigenvalue weighted by Crippen LogP contribution is -1.77. The van der Waals surface area contributed by atoms with Gasteiger partial charge < -0.3 is 8.82 Å². The number of hydrogen-bond acceptors (Lipinski definition) is 2. The molecule has 4 heteroatoms. The number of hydrogen-bond donors (Lipinski definition) is 0. The molecule has 1 aromatic carbocycles. The van der Waals surface area contributed by atoms with Crippen LogP contribution in [0.25, 0.3) is 28.4 Å². The lowest BCUT2D eigenvalue weighted by molar-refractivity contribution is 0.595. The first-order valence-corrected chi connectivity index (χ1v) is 7.39. The van der Waals surface area contributed by atoms with Crippen LogP contribution < -0.4 is 0 Å². The molecule has 0 atom stereocenters. The summed E-state index contributed by atoms with van der Waals surface area (Å²) < 4.78 is 8.97. The van der Waals surface area contributed by atoms with Crippen LogP contribution in [0.2, 0.25) is 0 Å². The summed E-state index contributed by atoms with van der Waals surface area (Å²) >= 11 is 3.44. The quantitative estimate of drug-likeness (QED) is 0.513. The minimum absolute atomic E-state index is 0.775. The fourth-order valence-electron chi connectivity index (χ4n) is 2.30. The molecule has 0 radical (unpaired) electrons. The molecule has 3 aromatic heterocycles. The van der Waals surface area contributed by atoms with Crippen LogP contribution in [-0.2, 0) is 0 Å². The lowest BCUT2D eigenvalue weighted by atomic mass is 10.2. The number of furan rings is 1. The van der Waals surface area contributed by atoms with Crippen molar-refractivity contribution in [1.82, 2.24) is 9.38 Å².